The molecule has 0 unspecified atom stereocenters. The molecule has 9 heteroatoms. The number of hydrogen-bond acceptors (Lipinski definition) is 6. The number of benzene rings is 2. The zero-order valence-electron chi connectivity index (χ0n) is 20.3. The van der Waals surface area contributed by atoms with E-state index in [4.69, 9.17) is 22.4 Å². The van der Waals surface area contributed by atoms with Gasteiger partial charge < -0.3 is 10.6 Å². The van der Waals surface area contributed by atoms with Crippen molar-refractivity contribution in [3.63, 3.8) is 0 Å². The van der Waals surface area contributed by atoms with Crippen molar-refractivity contribution in [2.24, 2.45) is 0 Å². The number of hydrogen-bond donors (Lipinski definition) is 1. The summed E-state index contributed by atoms with van der Waals surface area (Å²) in [6, 6.07) is 15.6. The molecular formula is C27H28ClN7O. The molecule has 0 atom stereocenters. The lowest BCUT2D eigenvalue weighted by Crippen LogP contribution is -2.37. The summed E-state index contributed by atoms with van der Waals surface area (Å²) >= 11 is 6.07. The fourth-order valence-corrected chi connectivity index (χ4v) is 4.44. The molecule has 36 heavy (non-hydrogen) atoms. The number of amides is 1. The van der Waals surface area contributed by atoms with Crippen LogP contribution in [0.4, 0.5) is 11.5 Å². The number of fused-ring (bicyclic) bond motifs is 1. The number of carbonyl (C=O) groups excluding carboxylic acids is 1. The summed E-state index contributed by atoms with van der Waals surface area (Å²) < 4.78 is 1.74. The number of aromatic nitrogens is 4. The van der Waals surface area contributed by atoms with Crippen LogP contribution in [0.1, 0.15) is 19.3 Å². The molecule has 1 aliphatic carbocycles. The highest BCUT2D eigenvalue weighted by molar-refractivity contribution is 6.30. The Morgan fingerprint density at radius 2 is 1.83 bits per heavy atom. The summed E-state index contributed by atoms with van der Waals surface area (Å²) in [5.41, 5.74) is 9.93. The molecule has 0 aliphatic heterocycles. The maximum absolute atomic E-state index is 12.7. The van der Waals surface area contributed by atoms with Crippen LogP contribution in [0, 0.1) is 0 Å². The van der Waals surface area contributed by atoms with Crippen LogP contribution in [-0.4, -0.2) is 57.2 Å². The van der Waals surface area contributed by atoms with E-state index >= 15 is 0 Å². The van der Waals surface area contributed by atoms with E-state index in [2.05, 4.69) is 21.9 Å². The van der Waals surface area contributed by atoms with E-state index in [1.807, 2.05) is 54.6 Å². The van der Waals surface area contributed by atoms with E-state index in [0.29, 0.717) is 33.6 Å². The van der Waals surface area contributed by atoms with Crippen molar-refractivity contribution in [1.29, 1.82) is 0 Å². The van der Waals surface area contributed by atoms with Crippen LogP contribution in [0.3, 0.4) is 0 Å². The van der Waals surface area contributed by atoms with Gasteiger partial charge in [0, 0.05) is 42.0 Å². The van der Waals surface area contributed by atoms with Crippen LogP contribution in [0.2, 0.25) is 5.02 Å². The summed E-state index contributed by atoms with van der Waals surface area (Å²) in [6.45, 7) is 0.774. The number of nitrogens with zero attached hydrogens (tertiary/aromatic N) is 6. The molecule has 184 valence electrons. The first-order chi connectivity index (χ1) is 17.4. The fraction of sp³-hybridized carbons (Fsp3) is 0.259. The number of likely N-dealkylation sites (N-methyl/N-ethyl adjacent to an activating group) is 2. The topological polar surface area (TPSA) is 93.2 Å². The Kier molecular flexibility index (Phi) is 6.71. The van der Waals surface area contributed by atoms with Crippen molar-refractivity contribution in [3.05, 3.63) is 72.0 Å². The highest BCUT2D eigenvalue weighted by atomic mass is 35.5. The number of rotatable bonds is 7. The molecule has 2 N–H and O–H groups in total. The molecule has 0 spiro atoms. The van der Waals surface area contributed by atoms with Crippen molar-refractivity contribution in [3.8, 4) is 16.9 Å². The van der Waals surface area contributed by atoms with Crippen LogP contribution >= 0.6 is 11.6 Å². The molecule has 5 rings (SSSR count). The Balaban J connectivity index is 1.38. The molecule has 1 aliphatic rings. The van der Waals surface area contributed by atoms with Gasteiger partial charge in [-0.1, -0.05) is 36.2 Å². The second-order valence-electron chi connectivity index (χ2n) is 9.07. The predicted molar refractivity (Wildman–Crippen MR) is 144 cm³/mol. The van der Waals surface area contributed by atoms with Gasteiger partial charge in [-0.2, -0.15) is 5.10 Å². The van der Waals surface area contributed by atoms with Crippen molar-refractivity contribution in [2.75, 3.05) is 31.3 Å². The molecule has 1 saturated carbocycles. The first-order valence-corrected chi connectivity index (χ1v) is 12.3. The molecule has 2 heterocycles. The third-order valence-corrected chi connectivity index (χ3v) is 7.03. The van der Waals surface area contributed by atoms with Gasteiger partial charge in [-0.15, -0.1) is 0 Å². The number of anilines is 2. The number of carbonyl (C=O) groups is 1. The molecule has 2 aromatic carbocycles. The van der Waals surface area contributed by atoms with E-state index in [0.717, 1.165) is 23.5 Å². The third-order valence-electron chi connectivity index (χ3n) is 6.78. The SMILES string of the molecule is CN(C(=O)C=CCN(C)C1CCC1)c1ccc(-n2nc(-c3ccc(Cl)cc3)c3c(N)ncnc32)cc1. The Labute approximate surface area is 215 Å². The van der Waals surface area contributed by atoms with Crippen LogP contribution in [0.25, 0.3) is 28.0 Å². The van der Waals surface area contributed by atoms with E-state index < -0.39 is 0 Å². The van der Waals surface area contributed by atoms with E-state index in [-0.39, 0.29) is 5.91 Å². The minimum atomic E-state index is -0.0696. The van der Waals surface area contributed by atoms with E-state index in [9.17, 15) is 4.79 Å². The summed E-state index contributed by atoms with van der Waals surface area (Å²) in [4.78, 5) is 25.2. The lowest BCUT2D eigenvalue weighted by atomic mass is 9.92. The van der Waals surface area contributed by atoms with Gasteiger partial charge in [0.15, 0.2) is 5.65 Å². The molecule has 1 fully saturated rings. The third kappa shape index (κ3) is 4.69. The summed E-state index contributed by atoms with van der Waals surface area (Å²) in [6.07, 6.45) is 8.79. The minimum Gasteiger partial charge on any atom is -0.383 e. The standard InChI is InChI=1S/C27H28ClN7O/c1-33(20-5-3-6-20)16-4-7-23(36)34(2)21-12-14-22(15-13-21)35-27-24(26(29)30-17-31-27)25(32-35)18-8-10-19(28)11-9-18/h4,7-15,17,20H,3,5-6,16H2,1-2H3,(H2,29,30,31). The van der Waals surface area contributed by atoms with Gasteiger partial charge in [-0.05, 0) is 56.3 Å². The maximum atomic E-state index is 12.7. The Bertz CT molecular complexity index is 1410. The zero-order valence-corrected chi connectivity index (χ0v) is 21.1. The average Bonchev–Trinajstić information content (AvgIpc) is 3.24. The van der Waals surface area contributed by atoms with Gasteiger partial charge in [0.05, 0.1) is 11.1 Å². The minimum absolute atomic E-state index is 0.0696. The van der Waals surface area contributed by atoms with Crippen molar-refractivity contribution >= 4 is 40.0 Å². The molecule has 0 saturated heterocycles. The number of halogens is 1. The van der Waals surface area contributed by atoms with E-state index in [1.165, 1.54) is 25.6 Å². The van der Waals surface area contributed by atoms with Gasteiger partial charge in [0.25, 0.3) is 0 Å². The van der Waals surface area contributed by atoms with Crippen LogP contribution in [0.15, 0.2) is 67.0 Å². The van der Waals surface area contributed by atoms with Crippen LogP contribution in [0.5, 0.6) is 0 Å². The molecular weight excluding hydrogens is 474 g/mol. The molecule has 0 radical (unpaired) electrons. The monoisotopic (exact) mass is 501 g/mol. The molecule has 4 aromatic rings. The second kappa shape index (κ2) is 10.1. The summed E-state index contributed by atoms with van der Waals surface area (Å²) in [5.74, 6) is 0.285. The largest absolute Gasteiger partial charge is 0.383 e. The Morgan fingerprint density at radius 1 is 1.11 bits per heavy atom. The lowest BCUT2D eigenvalue weighted by molar-refractivity contribution is -0.113. The lowest BCUT2D eigenvalue weighted by Gasteiger charge is -2.33. The van der Waals surface area contributed by atoms with Crippen molar-refractivity contribution < 1.29 is 4.79 Å². The fourth-order valence-electron chi connectivity index (χ4n) is 4.32. The van der Waals surface area contributed by atoms with Gasteiger partial charge in [-0.25, -0.2) is 14.6 Å². The summed E-state index contributed by atoms with van der Waals surface area (Å²) in [5, 5.41) is 6.12. The van der Waals surface area contributed by atoms with Gasteiger partial charge in [0.2, 0.25) is 5.91 Å². The number of nitrogens with two attached hydrogens (primary N) is 1. The maximum Gasteiger partial charge on any atom is 0.250 e. The van der Waals surface area contributed by atoms with Crippen molar-refractivity contribution in [1.82, 2.24) is 24.6 Å². The van der Waals surface area contributed by atoms with Crippen LogP contribution < -0.4 is 10.6 Å². The first-order valence-electron chi connectivity index (χ1n) is 11.9. The molecule has 1 amide bonds. The molecule has 0 bridgehead atoms. The first kappa shape index (κ1) is 24.0. The smallest absolute Gasteiger partial charge is 0.250 e. The van der Waals surface area contributed by atoms with Crippen molar-refractivity contribution in [2.45, 2.75) is 25.3 Å². The average molecular weight is 502 g/mol. The number of nitrogen functional groups attached to an aromatic ring is 1. The normalized spacial score (nSPS) is 14.0. The van der Waals surface area contributed by atoms with E-state index in [1.54, 1.807) is 22.7 Å². The molecule has 2 aromatic heterocycles. The molecule has 8 nitrogen and oxygen atoms in total. The Hall–Kier alpha value is -3.75. The van der Waals surface area contributed by atoms with Gasteiger partial charge in [-0.3, -0.25) is 9.69 Å². The quantitative estimate of drug-likeness (QED) is 0.368. The Morgan fingerprint density at radius 3 is 2.50 bits per heavy atom. The second-order valence-corrected chi connectivity index (χ2v) is 9.50. The van der Waals surface area contributed by atoms with Gasteiger partial charge in [0.1, 0.15) is 17.8 Å². The van der Waals surface area contributed by atoms with Gasteiger partial charge >= 0.3 is 0 Å². The highest BCUT2D eigenvalue weighted by Gasteiger charge is 2.21. The highest BCUT2D eigenvalue weighted by Crippen LogP contribution is 2.32. The zero-order chi connectivity index (χ0) is 25.2. The summed E-state index contributed by atoms with van der Waals surface area (Å²) in [7, 11) is 3.88. The van der Waals surface area contributed by atoms with Crippen LogP contribution in [-0.2, 0) is 4.79 Å². The predicted octanol–water partition coefficient (Wildman–Crippen LogP) is 4.72.